The maximum absolute atomic E-state index is 11.4. The summed E-state index contributed by atoms with van der Waals surface area (Å²) in [6.45, 7) is 12.7. The zero-order chi connectivity index (χ0) is 10.4. The van der Waals surface area contributed by atoms with E-state index in [1.54, 1.807) is 0 Å². The summed E-state index contributed by atoms with van der Waals surface area (Å²) in [5, 5.41) is 0. The molecular weight excluding hydrogens is 164 g/mol. The van der Waals surface area contributed by atoms with Crippen LogP contribution >= 0.6 is 0 Å². The first-order valence-electron chi connectivity index (χ1n) is 5.22. The lowest BCUT2D eigenvalue weighted by atomic mass is 10.3. The molecule has 0 aromatic rings. The van der Waals surface area contributed by atoms with Gasteiger partial charge in [-0.3, -0.25) is 0 Å². The smallest absolute Gasteiger partial charge is 0.320 e. The van der Waals surface area contributed by atoms with Crippen molar-refractivity contribution in [3.8, 4) is 0 Å². The molecule has 1 rings (SSSR count). The molecule has 1 aliphatic rings. The van der Waals surface area contributed by atoms with Crippen LogP contribution in [0.1, 0.15) is 34.6 Å². The normalized spacial score (nSPS) is 16.3. The lowest BCUT2D eigenvalue weighted by Crippen LogP contribution is -2.36. The topological polar surface area (TPSA) is 23.6 Å². The van der Waals surface area contributed by atoms with Crippen molar-refractivity contribution in [2.45, 2.75) is 40.7 Å². The van der Waals surface area contributed by atoms with Crippen molar-refractivity contribution < 1.29 is 4.79 Å². The van der Waals surface area contributed by atoms with E-state index in [-0.39, 0.29) is 6.03 Å². The third-order valence-electron chi connectivity index (χ3n) is 2.13. The molecule has 0 atom stereocenters. The van der Waals surface area contributed by atoms with Gasteiger partial charge in [0.15, 0.2) is 0 Å². The van der Waals surface area contributed by atoms with Crippen molar-refractivity contribution >= 4 is 6.03 Å². The van der Waals surface area contributed by atoms with E-state index in [9.17, 15) is 4.79 Å². The Bertz CT molecular complexity index is 157. The molecule has 13 heavy (non-hydrogen) atoms. The summed E-state index contributed by atoms with van der Waals surface area (Å²) in [5.74, 6) is 0. The molecule has 1 saturated heterocycles. The Kier molecular flexibility index (Phi) is 5.51. The fraction of sp³-hybridized carbons (Fsp3) is 0.900. The number of hydrogen-bond donors (Lipinski definition) is 0. The van der Waals surface area contributed by atoms with Crippen LogP contribution in [0.15, 0.2) is 0 Å². The monoisotopic (exact) mass is 186 g/mol. The molecule has 78 valence electrons. The number of likely N-dealkylation sites (N-methyl/N-ethyl adjacent to an activating group) is 1. The van der Waals surface area contributed by atoms with Gasteiger partial charge in [-0.15, -0.1) is 0 Å². The van der Waals surface area contributed by atoms with Crippen molar-refractivity contribution in [1.82, 2.24) is 9.80 Å². The minimum atomic E-state index is 0.197. The Labute approximate surface area is 81.7 Å². The second-order valence-electron chi connectivity index (χ2n) is 3.15. The highest BCUT2D eigenvalue weighted by Gasteiger charge is 2.28. The summed E-state index contributed by atoms with van der Waals surface area (Å²) in [5.41, 5.74) is 0. The molecule has 0 bridgehead atoms. The quantitative estimate of drug-likeness (QED) is 0.648. The molecule has 0 unspecified atom stereocenters. The zero-order valence-electron chi connectivity index (χ0n) is 9.50. The zero-order valence-corrected chi connectivity index (χ0v) is 9.50. The number of carbonyl (C=O) groups excluding carboxylic acids is 1. The Balaban J connectivity index is 0.000000671. The van der Waals surface area contributed by atoms with Crippen LogP contribution in [0.2, 0.25) is 0 Å². The van der Waals surface area contributed by atoms with Gasteiger partial charge in [-0.2, -0.15) is 0 Å². The molecule has 0 saturated carbocycles. The van der Waals surface area contributed by atoms with Crippen LogP contribution in [0, 0.1) is 0 Å². The molecule has 0 aliphatic carbocycles. The number of amides is 2. The van der Waals surface area contributed by atoms with Crippen LogP contribution in [0.25, 0.3) is 0 Å². The Morgan fingerprint density at radius 2 is 1.85 bits per heavy atom. The van der Waals surface area contributed by atoms with Crippen LogP contribution in [-0.4, -0.2) is 41.5 Å². The molecule has 1 fully saturated rings. The van der Waals surface area contributed by atoms with Crippen molar-refractivity contribution in [1.29, 1.82) is 0 Å². The first kappa shape index (κ1) is 12.3. The van der Waals surface area contributed by atoms with Gasteiger partial charge >= 0.3 is 6.03 Å². The van der Waals surface area contributed by atoms with Crippen LogP contribution in [0.4, 0.5) is 4.79 Å². The van der Waals surface area contributed by atoms with Crippen LogP contribution in [-0.2, 0) is 0 Å². The van der Waals surface area contributed by atoms with Crippen molar-refractivity contribution in [2.75, 3.05) is 19.6 Å². The molecule has 0 N–H and O–H groups in total. The van der Waals surface area contributed by atoms with Crippen LogP contribution < -0.4 is 0 Å². The molecule has 0 aromatic heterocycles. The highest BCUT2D eigenvalue weighted by Crippen LogP contribution is 2.10. The lowest BCUT2D eigenvalue weighted by molar-refractivity contribution is 0.184. The predicted octanol–water partition coefficient (Wildman–Crippen LogP) is 2.18. The molecule has 1 heterocycles. The fourth-order valence-electron chi connectivity index (χ4n) is 1.37. The lowest BCUT2D eigenvalue weighted by Gasteiger charge is -2.20. The van der Waals surface area contributed by atoms with Crippen molar-refractivity contribution in [3.63, 3.8) is 0 Å². The summed E-state index contributed by atoms with van der Waals surface area (Å²) in [7, 11) is 0. The second-order valence-corrected chi connectivity index (χ2v) is 3.15. The van der Waals surface area contributed by atoms with E-state index in [1.807, 2.05) is 30.6 Å². The first-order chi connectivity index (χ1) is 6.16. The number of carbonyl (C=O) groups is 1. The minimum Gasteiger partial charge on any atom is -0.323 e. The molecule has 0 aromatic carbocycles. The minimum absolute atomic E-state index is 0.197. The van der Waals surface area contributed by atoms with E-state index in [0.717, 1.165) is 19.6 Å². The summed E-state index contributed by atoms with van der Waals surface area (Å²) < 4.78 is 0. The number of rotatable bonds is 2. The van der Waals surface area contributed by atoms with E-state index in [1.165, 1.54) is 0 Å². The van der Waals surface area contributed by atoms with Gasteiger partial charge in [0.2, 0.25) is 0 Å². The maximum Gasteiger partial charge on any atom is 0.320 e. The van der Waals surface area contributed by atoms with Crippen LogP contribution in [0.3, 0.4) is 0 Å². The molecule has 0 radical (unpaired) electrons. The number of urea groups is 1. The molecule has 3 nitrogen and oxygen atoms in total. The number of hydrogen-bond acceptors (Lipinski definition) is 1. The van der Waals surface area contributed by atoms with E-state index >= 15 is 0 Å². The first-order valence-corrected chi connectivity index (χ1v) is 5.22. The molecule has 1 aliphatic heterocycles. The van der Waals surface area contributed by atoms with E-state index in [0.29, 0.717) is 6.04 Å². The Morgan fingerprint density at radius 1 is 1.31 bits per heavy atom. The van der Waals surface area contributed by atoms with E-state index in [2.05, 4.69) is 13.8 Å². The average molecular weight is 186 g/mol. The summed E-state index contributed by atoms with van der Waals surface area (Å²) in [6, 6.07) is 0.543. The molecule has 0 spiro atoms. The van der Waals surface area contributed by atoms with Gasteiger partial charge in [0, 0.05) is 25.7 Å². The fourth-order valence-corrected chi connectivity index (χ4v) is 1.37. The average Bonchev–Trinajstić information content (AvgIpc) is 2.50. The van der Waals surface area contributed by atoms with Crippen molar-refractivity contribution in [2.24, 2.45) is 0 Å². The maximum atomic E-state index is 11.4. The highest BCUT2D eigenvalue weighted by molar-refractivity contribution is 5.76. The second kappa shape index (κ2) is 5.84. The van der Waals surface area contributed by atoms with Gasteiger partial charge in [0.1, 0.15) is 0 Å². The van der Waals surface area contributed by atoms with Gasteiger partial charge in [-0.05, 0) is 20.8 Å². The number of nitrogens with zero attached hydrogens (tertiary/aromatic N) is 2. The van der Waals surface area contributed by atoms with Crippen molar-refractivity contribution in [3.05, 3.63) is 0 Å². The third kappa shape index (κ3) is 2.90. The Hall–Kier alpha value is -0.730. The summed E-state index contributed by atoms with van der Waals surface area (Å²) in [4.78, 5) is 15.2. The molecular formula is C10H22N2O. The Morgan fingerprint density at radius 3 is 2.08 bits per heavy atom. The third-order valence-corrected chi connectivity index (χ3v) is 2.13. The van der Waals surface area contributed by atoms with Crippen LogP contribution in [0.5, 0.6) is 0 Å². The summed E-state index contributed by atoms with van der Waals surface area (Å²) >= 11 is 0. The standard InChI is InChI=1S/C8H16N2O.C2H6/c1-4-9-5-6-10(7(2)3)8(9)11;1-2/h7H,4-6H2,1-3H3;1-2H3. The van der Waals surface area contributed by atoms with Gasteiger partial charge in [0.25, 0.3) is 0 Å². The molecule has 3 heteroatoms. The summed E-state index contributed by atoms with van der Waals surface area (Å²) in [6.07, 6.45) is 0. The largest absolute Gasteiger partial charge is 0.323 e. The highest BCUT2D eigenvalue weighted by atomic mass is 16.2. The SMILES string of the molecule is CC.CCN1CCN(C(C)C)C1=O. The van der Waals surface area contributed by atoms with Gasteiger partial charge in [0.05, 0.1) is 0 Å². The van der Waals surface area contributed by atoms with Gasteiger partial charge in [-0.25, -0.2) is 4.79 Å². The predicted molar refractivity (Wildman–Crippen MR) is 55.8 cm³/mol. The van der Waals surface area contributed by atoms with E-state index in [4.69, 9.17) is 0 Å². The van der Waals surface area contributed by atoms with Gasteiger partial charge in [-0.1, -0.05) is 13.8 Å². The van der Waals surface area contributed by atoms with E-state index < -0.39 is 0 Å². The molecule has 2 amide bonds. The van der Waals surface area contributed by atoms with Gasteiger partial charge < -0.3 is 9.80 Å².